The molecule has 2 atom stereocenters. The van der Waals surface area contributed by atoms with Gasteiger partial charge in [-0.15, -0.1) is 0 Å². The van der Waals surface area contributed by atoms with Crippen LogP contribution in [0.15, 0.2) is 35.5 Å². The molecular weight excluding hydrogens is 377 g/mol. The smallest absolute Gasteiger partial charge is 0.178 e. The summed E-state index contributed by atoms with van der Waals surface area (Å²) in [5.41, 5.74) is 0.998. The van der Waals surface area contributed by atoms with Crippen molar-refractivity contribution in [1.29, 1.82) is 0 Å². The van der Waals surface area contributed by atoms with Crippen LogP contribution >= 0.6 is 11.6 Å². The zero-order chi connectivity index (χ0) is 19.3. The second-order valence-corrected chi connectivity index (χ2v) is 8.63. The summed E-state index contributed by atoms with van der Waals surface area (Å²) in [4.78, 5) is 8.23. The van der Waals surface area contributed by atoms with E-state index in [2.05, 4.69) is 15.3 Å². The molecule has 0 amide bonds. The fourth-order valence-electron chi connectivity index (χ4n) is 2.47. The van der Waals surface area contributed by atoms with Crippen molar-refractivity contribution in [3.63, 3.8) is 0 Å². The normalized spacial score (nSPS) is 14.0. The molecule has 1 heterocycles. The molecule has 0 aliphatic heterocycles. The number of halogens is 2. The van der Waals surface area contributed by atoms with Crippen molar-refractivity contribution < 1.29 is 12.8 Å². The van der Waals surface area contributed by atoms with E-state index >= 15 is 0 Å². The number of nitrogens with one attached hydrogen (secondary N) is 1. The molecule has 0 radical (unpaired) electrons. The van der Waals surface area contributed by atoms with E-state index in [1.165, 1.54) is 13.3 Å². The molecule has 0 bridgehead atoms. The van der Waals surface area contributed by atoms with E-state index in [1.807, 2.05) is 13.8 Å². The maximum atomic E-state index is 13.5. The lowest BCUT2D eigenvalue weighted by atomic mass is 10.1. The minimum absolute atomic E-state index is 0.133. The highest BCUT2D eigenvalue weighted by atomic mass is 35.5. The molecule has 2 unspecified atom stereocenters. The maximum Gasteiger partial charge on any atom is 0.178 e. The molecular formula is C18H23ClFN3O2S. The second-order valence-electron chi connectivity index (χ2n) is 6.14. The van der Waals surface area contributed by atoms with Gasteiger partial charge in [0.05, 0.1) is 16.3 Å². The quantitative estimate of drug-likeness (QED) is 0.682. The average molecular weight is 400 g/mol. The zero-order valence-electron chi connectivity index (χ0n) is 15.0. The number of sulfone groups is 1. The van der Waals surface area contributed by atoms with Crippen molar-refractivity contribution in [3.05, 3.63) is 46.9 Å². The van der Waals surface area contributed by atoms with Crippen molar-refractivity contribution in [2.75, 3.05) is 11.1 Å². The molecule has 0 aliphatic carbocycles. The highest BCUT2D eigenvalue weighted by Gasteiger charge is 2.18. The van der Waals surface area contributed by atoms with Gasteiger partial charge in [-0.3, -0.25) is 0 Å². The summed E-state index contributed by atoms with van der Waals surface area (Å²) >= 11 is 6.16. The standard InChI is InChI=1S/C18H23ClFN3O2S/c1-4-5-10-26(24,25)15-8-6-14(7-9-15)13(3)23-18-16(19)17(12(2)20)21-11-22-18/h6-9,11-13H,4-5,10H2,1-3H3,(H,21,22,23). The number of unbranched alkanes of at least 4 members (excludes halogenated alkanes) is 1. The van der Waals surface area contributed by atoms with Crippen LogP contribution in [0.4, 0.5) is 10.2 Å². The lowest BCUT2D eigenvalue weighted by molar-refractivity contribution is 0.365. The number of hydrogen-bond acceptors (Lipinski definition) is 5. The monoisotopic (exact) mass is 399 g/mol. The number of hydrogen-bond donors (Lipinski definition) is 1. The van der Waals surface area contributed by atoms with Crippen LogP contribution in [-0.4, -0.2) is 24.1 Å². The zero-order valence-corrected chi connectivity index (χ0v) is 16.6. The van der Waals surface area contributed by atoms with Crippen LogP contribution in [0.2, 0.25) is 5.02 Å². The minimum Gasteiger partial charge on any atom is -0.362 e. The van der Waals surface area contributed by atoms with E-state index in [0.717, 1.165) is 12.0 Å². The third kappa shape index (κ3) is 4.92. The summed E-state index contributed by atoms with van der Waals surface area (Å²) in [6.45, 7) is 5.20. The SMILES string of the molecule is CCCCS(=O)(=O)c1ccc(C(C)Nc2ncnc(C(C)F)c2Cl)cc1. The third-order valence-electron chi connectivity index (χ3n) is 4.05. The largest absolute Gasteiger partial charge is 0.362 e. The van der Waals surface area contributed by atoms with Crippen molar-refractivity contribution in [2.24, 2.45) is 0 Å². The van der Waals surface area contributed by atoms with Crippen LogP contribution in [0.1, 0.15) is 57.1 Å². The molecule has 1 aromatic carbocycles. The van der Waals surface area contributed by atoms with Gasteiger partial charge >= 0.3 is 0 Å². The van der Waals surface area contributed by atoms with Crippen molar-refractivity contribution in [2.45, 2.75) is 50.7 Å². The lowest BCUT2D eigenvalue weighted by Gasteiger charge is -2.17. The van der Waals surface area contributed by atoms with Gasteiger partial charge < -0.3 is 5.32 Å². The summed E-state index contributed by atoms with van der Waals surface area (Å²) in [6, 6.07) is 6.52. The molecule has 5 nitrogen and oxygen atoms in total. The Bertz CT molecular complexity index is 842. The van der Waals surface area contributed by atoms with E-state index in [-0.39, 0.29) is 22.5 Å². The number of benzene rings is 1. The summed E-state index contributed by atoms with van der Waals surface area (Å²) in [7, 11) is -3.25. The van der Waals surface area contributed by atoms with Crippen molar-refractivity contribution in [1.82, 2.24) is 9.97 Å². The summed E-state index contributed by atoms with van der Waals surface area (Å²) in [6.07, 6.45) is 1.44. The Kier molecular flexibility index (Phi) is 6.94. The number of anilines is 1. The van der Waals surface area contributed by atoms with Crippen LogP contribution < -0.4 is 5.32 Å². The van der Waals surface area contributed by atoms with Gasteiger partial charge in [0.25, 0.3) is 0 Å². The molecule has 0 saturated carbocycles. The molecule has 0 saturated heterocycles. The van der Waals surface area contributed by atoms with Gasteiger partial charge in [-0.25, -0.2) is 22.8 Å². The molecule has 0 aliphatic rings. The average Bonchev–Trinajstić information content (AvgIpc) is 2.61. The molecule has 26 heavy (non-hydrogen) atoms. The van der Waals surface area contributed by atoms with E-state index in [4.69, 9.17) is 11.6 Å². The first-order chi connectivity index (χ1) is 12.3. The van der Waals surface area contributed by atoms with Crippen LogP contribution in [0.5, 0.6) is 0 Å². The lowest BCUT2D eigenvalue weighted by Crippen LogP contribution is -2.11. The van der Waals surface area contributed by atoms with E-state index in [1.54, 1.807) is 24.3 Å². The predicted octanol–water partition coefficient (Wildman–Crippen LogP) is 4.91. The Morgan fingerprint density at radius 1 is 1.19 bits per heavy atom. The fourth-order valence-corrected chi connectivity index (χ4v) is 4.22. The number of aromatic nitrogens is 2. The molecule has 0 spiro atoms. The first-order valence-corrected chi connectivity index (χ1v) is 10.5. The van der Waals surface area contributed by atoms with E-state index in [0.29, 0.717) is 17.1 Å². The molecule has 1 aromatic heterocycles. The third-order valence-corrected chi connectivity index (χ3v) is 6.24. The van der Waals surface area contributed by atoms with Gasteiger partial charge in [0.2, 0.25) is 0 Å². The number of alkyl halides is 1. The van der Waals surface area contributed by atoms with Crippen molar-refractivity contribution in [3.8, 4) is 0 Å². The summed E-state index contributed by atoms with van der Waals surface area (Å²) in [5.74, 6) is 0.491. The number of rotatable bonds is 8. The Hall–Kier alpha value is -1.73. The summed E-state index contributed by atoms with van der Waals surface area (Å²) < 4.78 is 38.0. The topological polar surface area (TPSA) is 72.0 Å². The van der Waals surface area contributed by atoms with Gasteiger partial charge in [-0.05, 0) is 38.0 Å². The Labute approximate surface area is 158 Å². The first-order valence-electron chi connectivity index (χ1n) is 8.50. The predicted molar refractivity (Wildman–Crippen MR) is 102 cm³/mol. The molecule has 2 rings (SSSR count). The Balaban J connectivity index is 2.16. The Morgan fingerprint density at radius 2 is 1.85 bits per heavy atom. The molecule has 2 aromatic rings. The molecule has 0 fully saturated rings. The van der Waals surface area contributed by atoms with Gasteiger partial charge in [0.15, 0.2) is 9.84 Å². The van der Waals surface area contributed by atoms with Crippen LogP contribution in [0.3, 0.4) is 0 Å². The van der Waals surface area contributed by atoms with Crippen LogP contribution in [-0.2, 0) is 9.84 Å². The fraction of sp³-hybridized carbons (Fsp3) is 0.444. The number of nitrogens with zero attached hydrogens (tertiary/aromatic N) is 2. The van der Waals surface area contributed by atoms with Crippen LogP contribution in [0.25, 0.3) is 0 Å². The Morgan fingerprint density at radius 3 is 2.42 bits per heavy atom. The molecule has 1 N–H and O–H groups in total. The minimum atomic E-state index is -3.25. The van der Waals surface area contributed by atoms with E-state index in [9.17, 15) is 12.8 Å². The molecule has 8 heteroatoms. The van der Waals surface area contributed by atoms with Gasteiger partial charge in [-0.2, -0.15) is 0 Å². The van der Waals surface area contributed by atoms with E-state index < -0.39 is 16.0 Å². The summed E-state index contributed by atoms with van der Waals surface area (Å²) in [5, 5.41) is 3.26. The maximum absolute atomic E-state index is 13.5. The highest BCUT2D eigenvalue weighted by Crippen LogP contribution is 2.30. The molecule has 142 valence electrons. The van der Waals surface area contributed by atoms with Crippen LogP contribution in [0, 0.1) is 0 Å². The van der Waals surface area contributed by atoms with Gasteiger partial charge in [-0.1, -0.05) is 37.1 Å². The van der Waals surface area contributed by atoms with Crippen molar-refractivity contribution >= 4 is 27.3 Å². The second kappa shape index (κ2) is 8.77. The van der Waals surface area contributed by atoms with Gasteiger partial charge in [0, 0.05) is 6.04 Å². The first kappa shape index (κ1) is 20.6. The highest BCUT2D eigenvalue weighted by molar-refractivity contribution is 7.91. The van der Waals surface area contributed by atoms with Gasteiger partial charge in [0.1, 0.15) is 23.3 Å².